The van der Waals surface area contributed by atoms with Crippen molar-refractivity contribution < 1.29 is 9.59 Å². The van der Waals surface area contributed by atoms with Gasteiger partial charge in [-0.25, -0.2) is 0 Å². The van der Waals surface area contributed by atoms with Crippen LogP contribution >= 0.6 is 0 Å². The number of aryl methyl sites for hydroxylation is 1. The summed E-state index contributed by atoms with van der Waals surface area (Å²) in [4.78, 5) is 24.1. The minimum Gasteiger partial charge on any atom is -0.285 e. The quantitative estimate of drug-likeness (QED) is 0.766. The van der Waals surface area contributed by atoms with Gasteiger partial charge in [0.2, 0.25) is 11.6 Å². The molecule has 90 valence electrons. The zero-order valence-corrected chi connectivity index (χ0v) is 10.3. The van der Waals surface area contributed by atoms with Crippen molar-refractivity contribution in [2.75, 3.05) is 0 Å². The molecule has 0 saturated heterocycles. The van der Waals surface area contributed by atoms with Gasteiger partial charge in [0.1, 0.15) is 0 Å². The molecule has 0 aromatic heterocycles. The standard InChI is InChI=1S/C16H14O2/c1-2-3-5-11-9-8-10-6-4-7-12-13(10)14(11)16(18)15(12)17/h4,6-9H,2-3,5H2,1H3. The van der Waals surface area contributed by atoms with Crippen molar-refractivity contribution in [3.63, 3.8) is 0 Å². The van der Waals surface area contributed by atoms with Gasteiger partial charge >= 0.3 is 0 Å². The van der Waals surface area contributed by atoms with Crippen molar-refractivity contribution in [2.45, 2.75) is 26.2 Å². The Balaban J connectivity index is 2.29. The highest BCUT2D eigenvalue weighted by atomic mass is 16.2. The molecule has 2 aromatic rings. The van der Waals surface area contributed by atoms with Crippen molar-refractivity contribution in [3.8, 4) is 0 Å². The summed E-state index contributed by atoms with van der Waals surface area (Å²) in [6.45, 7) is 2.12. The average molecular weight is 238 g/mol. The lowest BCUT2D eigenvalue weighted by molar-refractivity contribution is 0.0825. The Morgan fingerprint density at radius 3 is 2.61 bits per heavy atom. The Kier molecular flexibility index (Phi) is 2.51. The van der Waals surface area contributed by atoms with Gasteiger partial charge in [-0.1, -0.05) is 43.7 Å². The van der Waals surface area contributed by atoms with Crippen LogP contribution in [0.5, 0.6) is 0 Å². The monoisotopic (exact) mass is 238 g/mol. The van der Waals surface area contributed by atoms with E-state index < -0.39 is 0 Å². The van der Waals surface area contributed by atoms with Crippen LogP contribution < -0.4 is 0 Å². The van der Waals surface area contributed by atoms with E-state index in [0.717, 1.165) is 35.6 Å². The summed E-state index contributed by atoms with van der Waals surface area (Å²) in [7, 11) is 0. The third-order valence-electron chi connectivity index (χ3n) is 3.61. The zero-order valence-electron chi connectivity index (χ0n) is 10.3. The number of ketones is 2. The molecule has 18 heavy (non-hydrogen) atoms. The number of carbonyl (C=O) groups excluding carboxylic acids is 2. The van der Waals surface area contributed by atoms with Crippen molar-refractivity contribution in [2.24, 2.45) is 0 Å². The lowest BCUT2D eigenvalue weighted by Gasteiger charge is -2.06. The largest absolute Gasteiger partial charge is 0.285 e. The molecule has 1 aliphatic carbocycles. The van der Waals surface area contributed by atoms with Gasteiger partial charge in [-0.3, -0.25) is 9.59 Å². The summed E-state index contributed by atoms with van der Waals surface area (Å²) < 4.78 is 0. The molecule has 0 atom stereocenters. The summed E-state index contributed by atoms with van der Waals surface area (Å²) in [5.41, 5.74) is 2.25. The number of Topliss-reactive ketones (excluding diaryl/α,β-unsaturated/α-hetero) is 2. The second-order valence-corrected chi connectivity index (χ2v) is 4.77. The fourth-order valence-electron chi connectivity index (χ4n) is 2.68. The molecule has 0 N–H and O–H groups in total. The van der Waals surface area contributed by atoms with Crippen molar-refractivity contribution in [3.05, 3.63) is 47.0 Å². The maximum atomic E-state index is 12.1. The van der Waals surface area contributed by atoms with Gasteiger partial charge in [-0.15, -0.1) is 0 Å². The molecular formula is C16H14O2. The van der Waals surface area contributed by atoms with E-state index in [-0.39, 0.29) is 11.6 Å². The highest BCUT2D eigenvalue weighted by Crippen LogP contribution is 2.33. The molecule has 0 aliphatic heterocycles. The third kappa shape index (κ3) is 1.42. The first-order valence-corrected chi connectivity index (χ1v) is 6.37. The van der Waals surface area contributed by atoms with Gasteiger partial charge in [0, 0.05) is 16.5 Å². The number of rotatable bonds is 3. The third-order valence-corrected chi connectivity index (χ3v) is 3.61. The van der Waals surface area contributed by atoms with Crippen molar-refractivity contribution >= 4 is 22.3 Å². The molecule has 2 heteroatoms. The van der Waals surface area contributed by atoms with Gasteiger partial charge in [-0.05, 0) is 23.8 Å². The minimum atomic E-state index is -0.348. The first kappa shape index (κ1) is 11.1. The minimum absolute atomic E-state index is 0.326. The number of unbranched alkanes of at least 4 members (excludes halogenated alkanes) is 1. The topological polar surface area (TPSA) is 34.1 Å². The first-order chi connectivity index (χ1) is 8.74. The summed E-state index contributed by atoms with van der Waals surface area (Å²) in [5.74, 6) is -0.674. The molecule has 1 aliphatic rings. The number of hydrogen-bond acceptors (Lipinski definition) is 2. The van der Waals surface area contributed by atoms with Crippen LogP contribution in [-0.2, 0) is 6.42 Å². The van der Waals surface area contributed by atoms with Crippen LogP contribution in [0.4, 0.5) is 0 Å². The smallest absolute Gasteiger partial charge is 0.234 e. The predicted octanol–water partition coefficient (Wildman–Crippen LogP) is 3.56. The van der Waals surface area contributed by atoms with Gasteiger partial charge in [0.15, 0.2) is 0 Å². The predicted molar refractivity (Wildman–Crippen MR) is 71.2 cm³/mol. The van der Waals surface area contributed by atoms with Gasteiger partial charge < -0.3 is 0 Å². The normalized spacial score (nSPS) is 13.6. The lowest BCUT2D eigenvalue weighted by Crippen LogP contribution is -2.08. The van der Waals surface area contributed by atoms with Crippen LogP contribution in [0.3, 0.4) is 0 Å². The van der Waals surface area contributed by atoms with Gasteiger partial charge in [0.05, 0.1) is 0 Å². The van der Waals surface area contributed by atoms with Crippen molar-refractivity contribution in [1.82, 2.24) is 0 Å². The second-order valence-electron chi connectivity index (χ2n) is 4.77. The van der Waals surface area contributed by atoms with E-state index in [4.69, 9.17) is 0 Å². The van der Waals surface area contributed by atoms with Crippen LogP contribution in [-0.4, -0.2) is 11.6 Å². The highest BCUT2D eigenvalue weighted by molar-refractivity contribution is 6.57. The molecule has 3 rings (SSSR count). The molecule has 0 heterocycles. The van der Waals surface area contributed by atoms with Crippen LogP contribution in [0, 0.1) is 0 Å². The number of hydrogen-bond donors (Lipinski definition) is 0. The maximum absolute atomic E-state index is 12.1. The Morgan fingerprint density at radius 2 is 1.83 bits per heavy atom. The van der Waals surface area contributed by atoms with Gasteiger partial charge in [0.25, 0.3) is 0 Å². The van der Waals surface area contributed by atoms with Crippen LogP contribution in [0.2, 0.25) is 0 Å². The zero-order chi connectivity index (χ0) is 12.7. The Hall–Kier alpha value is -1.96. The summed E-state index contributed by atoms with van der Waals surface area (Å²) in [5, 5.41) is 1.85. The fourth-order valence-corrected chi connectivity index (χ4v) is 2.68. The Labute approximate surface area is 106 Å². The Bertz CT molecular complexity index is 668. The number of carbonyl (C=O) groups is 2. The maximum Gasteiger partial charge on any atom is 0.234 e. The molecule has 0 unspecified atom stereocenters. The fraction of sp³-hybridized carbons (Fsp3) is 0.250. The SMILES string of the molecule is CCCCc1ccc2cccc3c2c1C(=O)C3=O. The highest BCUT2D eigenvalue weighted by Gasteiger charge is 2.32. The van der Waals surface area contributed by atoms with Crippen LogP contribution in [0.15, 0.2) is 30.3 Å². The van der Waals surface area contributed by atoms with Gasteiger partial charge in [-0.2, -0.15) is 0 Å². The molecule has 2 aromatic carbocycles. The number of benzene rings is 2. The first-order valence-electron chi connectivity index (χ1n) is 6.37. The summed E-state index contributed by atoms with van der Waals surface area (Å²) >= 11 is 0. The average Bonchev–Trinajstić information content (AvgIpc) is 2.66. The van der Waals surface area contributed by atoms with Crippen LogP contribution in [0.1, 0.15) is 46.0 Å². The van der Waals surface area contributed by atoms with E-state index in [1.807, 2.05) is 24.3 Å². The molecular weight excluding hydrogens is 224 g/mol. The lowest BCUT2D eigenvalue weighted by atomic mass is 9.96. The molecule has 0 spiro atoms. The summed E-state index contributed by atoms with van der Waals surface area (Å²) in [6, 6.07) is 9.55. The molecule has 0 radical (unpaired) electrons. The van der Waals surface area contributed by atoms with E-state index >= 15 is 0 Å². The van der Waals surface area contributed by atoms with E-state index in [2.05, 4.69) is 6.92 Å². The Morgan fingerprint density at radius 1 is 1.00 bits per heavy atom. The molecule has 0 saturated carbocycles. The molecule has 2 nitrogen and oxygen atoms in total. The van der Waals surface area contributed by atoms with Crippen LogP contribution in [0.25, 0.3) is 10.8 Å². The van der Waals surface area contributed by atoms with E-state index in [1.54, 1.807) is 6.07 Å². The summed E-state index contributed by atoms with van der Waals surface area (Å²) in [6.07, 6.45) is 3.00. The second kappa shape index (κ2) is 4.05. The van der Waals surface area contributed by atoms with E-state index in [1.165, 1.54) is 0 Å². The van der Waals surface area contributed by atoms with E-state index in [0.29, 0.717) is 11.1 Å². The molecule has 0 fully saturated rings. The van der Waals surface area contributed by atoms with Crippen molar-refractivity contribution in [1.29, 1.82) is 0 Å². The van der Waals surface area contributed by atoms with E-state index in [9.17, 15) is 9.59 Å². The molecule has 0 amide bonds. The molecule has 0 bridgehead atoms.